The number of esters is 1. The summed E-state index contributed by atoms with van der Waals surface area (Å²) in [4.78, 5) is 11.4. The summed E-state index contributed by atoms with van der Waals surface area (Å²) in [6.45, 7) is 3.82. The third-order valence-corrected chi connectivity index (χ3v) is 6.53. The molecule has 0 atom stereocenters. The molecule has 0 bridgehead atoms. The van der Waals surface area contributed by atoms with E-state index in [1.807, 2.05) is 11.3 Å². The molecule has 5 aromatic rings. The molecule has 0 saturated carbocycles. The minimum atomic E-state index is -0.376. The molecule has 0 saturated heterocycles. The third kappa shape index (κ3) is 2.67. The molecular formula is C25H18O2S. The highest BCUT2D eigenvalue weighted by Gasteiger charge is 2.15. The lowest BCUT2D eigenvalue weighted by molar-refractivity contribution is -0.137. The van der Waals surface area contributed by atoms with Crippen LogP contribution in [0, 0.1) is 0 Å². The second-order valence-corrected chi connectivity index (χ2v) is 7.87. The summed E-state index contributed by atoms with van der Waals surface area (Å²) >= 11 is 1.84. The lowest BCUT2D eigenvalue weighted by Gasteiger charge is -2.08. The summed E-state index contributed by atoms with van der Waals surface area (Å²) in [6, 6.07) is 23.7. The first-order chi connectivity index (χ1) is 13.8. The summed E-state index contributed by atoms with van der Waals surface area (Å²) in [6.07, 6.45) is 1.90. The second kappa shape index (κ2) is 6.77. The van der Waals surface area contributed by atoms with Gasteiger partial charge >= 0.3 is 5.97 Å². The molecule has 0 fully saturated rings. The van der Waals surface area contributed by atoms with Crippen molar-refractivity contribution in [2.45, 2.75) is 6.42 Å². The molecule has 0 aliphatic heterocycles. The van der Waals surface area contributed by atoms with Crippen LogP contribution in [0.25, 0.3) is 41.7 Å². The molecular weight excluding hydrogens is 364 g/mol. The minimum absolute atomic E-state index is 0.354. The zero-order valence-corrected chi connectivity index (χ0v) is 16.1. The van der Waals surface area contributed by atoms with Crippen molar-refractivity contribution in [1.82, 2.24) is 0 Å². The standard InChI is InChI=1S/C25H18O2S/c1-2-22(26)27-14-13-18-15-17-8-4-5-9-19(17)23-21-12-11-16-7-3-6-10-20(16)25(21)28-24(18)23/h2-12,15H,1,13-14H2. The molecule has 1 aromatic heterocycles. The first-order valence-electron chi connectivity index (χ1n) is 9.30. The summed E-state index contributed by atoms with van der Waals surface area (Å²) in [5.41, 5.74) is 1.22. The highest BCUT2D eigenvalue weighted by molar-refractivity contribution is 7.27. The van der Waals surface area contributed by atoms with Gasteiger partial charge < -0.3 is 4.74 Å². The van der Waals surface area contributed by atoms with Crippen LogP contribution in [0.15, 0.2) is 79.4 Å². The van der Waals surface area contributed by atoms with Gasteiger partial charge in [0.05, 0.1) is 6.61 Å². The van der Waals surface area contributed by atoms with Crippen LogP contribution in [0.2, 0.25) is 0 Å². The highest BCUT2D eigenvalue weighted by atomic mass is 32.1. The lowest BCUT2D eigenvalue weighted by atomic mass is 9.98. The van der Waals surface area contributed by atoms with E-state index in [4.69, 9.17) is 4.74 Å². The van der Waals surface area contributed by atoms with Crippen LogP contribution < -0.4 is 0 Å². The smallest absolute Gasteiger partial charge is 0.330 e. The Morgan fingerprint density at radius 1 is 0.893 bits per heavy atom. The number of hydrogen-bond acceptors (Lipinski definition) is 3. The van der Waals surface area contributed by atoms with Gasteiger partial charge in [-0.1, -0.05) is 67.2 Å². The van der Waals surface area contributed by atoms with Crippen LogP contribution in [0.1, 0.15) is 5.56 Å². The number of rotatable bonds is 4. The molecule has 4 aromatic carbocycles. The van der Waals surface area contributed by atoms with Gasteiger partial charge in [-0.25, -0.2) is 4.79 Å². The minimum Gasteiger partial charge on any atom is -0.462 e. The van der Waals surface area contributed by atoms with Gasteiger partial charge in [0.2, 0.25) is 0 Å². The van der Waals surface area contributed by atoms with Gasteiger partial charge in [0.15, 0.2) is 0 Å². The van der Waals surface area contributed by atoms with Gasteiger partial charge in [0.1, 0.15) is 0 Å². The van der Waals surface area contributed by atoms with Crippen molar-refractivity contribution in [2.75, 3.05) is 6.61 Å². The van der Waals surface area contributed by atoms with E-state index < -0.39 is 0 Å². The van der Waals surface area contributed by atoms with Crippen molar-refractivity contribution >= 4 is 59.0 Å². The molecule has 0 aliphatic rings. The van der Waals surface area contributed by atoms with E-state index in [1.54, 1.807) is 0 Å². The van der Waals surface area contributed by atoms with E-state index in [0.717, 1.165) is 0 Å². The van der Waals surface area contributed by atoms with Crippen molar-refractivity contribution in [3.05, 3.63) is 84.9 Å². The van der Waals surface area contributed by atoms with Crippen LogP contribution in [0.3, 0.4) is 0 Å². The molecule has 0 radical (unpaired) electrons. The van der Waals surface area contributed by atoms with Gasteiger partial charge in [0.25, 0.3) is 0 Å². The average Bonchev–Trinajstić information content (AvgIpc) is 3.14. The zero-order chi connectivity index (χ0) is 19.1. The fourth-order valence-corrected chi connectivity index (χ4v) is 5.32. The number of thiophene rings is 1. The molecule has 0 unspecified atom stereocenters. The van der Waals surface area contributed by atoms with E-state index in [1.165, 1.54) is 53.4 Å². The molecule has 0 amide bonds. The number of fused-ring (bicyclic) bond motifs is 7. The fraction of sp³-hybridized carbons (Fsp3) is 0.0800. The Balaban J connectivity index is 1.80. The molecule has 28 heavy (non-hydrogen) atoms. The Bertz CT molecular complexity index is 1380. The van der Waals surface area contributed by atoms with E-state index in [2.05, 4.69) is 73.3 Å². The van der Waals surface area contributed by atoms with Crippen LogP contribution in [-0.4, -0.2) is 12.6 Å². The maximum atomic E-state index is 11.4. The number of carbonyl (C=O) groups excluding carboxylic acids is 1. The predicted molar refractivity (Wildman–Crippen MR) is 119 cm³/mol. The first-order valence-corrected chi connectivity index (χ1v) is 10.1. The topological polar surface area (TPSA) is 26.3 Å². The monoisotopic (exact) mass is 382 g/mol. The number of ether oxygens (including phenoxy) is 1. The van der Waals surface area contributed by atoms with E-state index >= 15 is 0 Å². The summed E-state index contributed by atoms with van der Waals surface area (Å²) in [7, 11) is 0. The van der Waals surface area contributed by atoms with Crippen LogP contribution in [0.4, 0.5) is 0 Å². The van der Waals surface area contributed by atoms with E-state index in [9.17, 15) is 4.79 Å². The summed E-state index contributed by atoms with van der Waals surface area (Å²) in [5.74, 6) is -0.376. The SMILES string of the molecule is C=CC(=O)OCCc1cc2ccccc2c2c1sc1c3ccccc3ccc12. The molecule has 136 valence electrons. The Labute approximate surface area is 166 Å². The van der Waals surface area contributed by atoms with Crippen molar-refractivity contribution in [3.63, 3.8) is 0 Å². The predicted octanol–water partition coefficient (Wildman–Crippen LogP) is 6.63. The van der Waals surface area contributed by atoms with Crippen LogP contribution in [0.5, 0.6) is 0 Å². The van der Waals surface area contributed by atoms with E-state index in [-0.39, 0.29) is 5.97 Å². The molecule has 0 N–H and O–H groups in total. The lowest BCUT2D eigenvalue weighted by Crippen LogP contribution is -2.04. The Kier molecular flexibility index (Phi) is 4.10. The number of benzene rings is 4. The average molecular weight is 382 g/mol. The molecule has 1 heterocycles. The summed E-state index contributed by atoms with van der Waals surface area (Å²) in [5, 5.41) is 7.62. The van der Waals surface area contributed by atoms with Crippen molar-refractivity contribution in [1.29, 1.82) is 0 Å². The Morgan fingerprint density at radius 2 is 1.64 bits per heavy atom. The highest BCUT2D eigenvalue weighted by Crippen LogP contribution is 2.43. The van der Waals surface area contributed by atoms with E-state index in [0.29, 0.717) is 13.0 Å². The zero-order valence-electron chi connectivity index (χ0n) is 15.3. The van der Waals surface area contributed by atoms with Crippen LogP contribution >= 0.6 is 11.3 Å². The second-order valence-electron chi connectivity index (χ2n) is 6.85. The maximum Gasteiger partial charge on any atom is 0.330 e. The Hall–Kier alpha value is -3.17. The molecule has 2 nitrogen and oxygen atoms in total. The quantitative estimate of drug-likeness (QED) is 0.257. The first kappa shape index (κ1) is 17.0. The maximum absolute atomic E-state index is 11.4. The van der Waals surface area contributed by atoms with Gasteiger partial charge in [-0.15, -0.1) is 11.3 Å². The third-order valence-electron chi connectivity index (χ3n) is 5.21. The number of carbonyl (C=O) groups is 1. The van der Waals surface area contributed by atoms with Crippen molar-refractivity contribution in [3.8, 4) is 0 Å². The van der Waals surface area contributed by atoms with Gasteiger partial charge in [-0.2, -0.15) is 0 Å². The summed E-state index contributed by atoms with van der Waals surface area (Å²) < 4.78 is 7.84. The van der Waals surface area contributed by atoms with Gasteiger partial charge in [0, 0.05) is 32.7 Å². The molecule has 5 rings (SSSR count). The molecule has 0 aliphatic carbocycles. The molecule has 3 heteroatoms. The van der Waals surface area contributed by atoms with Crippen molar-refractivity contribution < 1.29 is 9.53 Å². The fourth-order valence-electron chi connectivity index (χ4n) is 3.93. The molecule has 0 spiro atoms. The number of hydrogen-bond donors (Lipinski definition) is 0. The van der Waals surface area contributed by atoms with Crippen molar-refractivity contribution in [2.24, 2.45) is 0 Å². The van der Waals surface area contributed by atoms with Gasteiger partial charge in [-0.05, 0) is 33.2 Å². The normalized spacial score (nSPS) is 11.4. The van der Waals surface area contributed by atoms with Gasteiger partial charge in [-0.3, -0.25) is 0 Å². The Morgan fingerprint density at radius 3 is 2.46 bits per heavy atom. The largest absolute Gasteiger partial charge is 0.462 e. The van der Waals surface area contributed by atoms with Crippen LogP contribution in [-0.2, 0) is 16.0 Å².